The number of hydrogen-bond acceptors (Lipinski definition) is 2. The Kier molecular flexibility index (Phi) is 6.51. The molecule has 2 nitrogen and oxygen atoms in total. The summed E-state index contributed by atoms with van der Waals surface area (Å²) >= 11 is 0. The van der Waals surface area contributed by atoms with Crippen molar-refractivity contribution in [2.75, 3.05) is 0 Å². The van der Waals surface area contributed by atoms with Gasteiger partial charge in [0.25, 0.3) is 0 Å². The SMILES string of the molecule is CCCCc1ccccc1O.Cc1ccccc1O. The number of phenolic OH excluding ortho intramolecular Hbond substituents is 2. The van der Waals surface area contributed by atoms with Crippen molar-refractivity contribution < 1.29 is 10.2 Å². The Morgan fingerprint density at radius 1 is 0.842 bits per heavy atom. The summed E-state index contributed by atoms with van der Waals surface area (Å²) < 4.78 is 0. The third kappa shape index (κ3) is 5.47. The number of para-hydroxylation sites is 2. The lowest BCUT2D eigenvalue weighted by Gasteiger charge is -2.01. The van der Waals surface area contributed by atoms with E-state index in [2.05, 4.69) is 6.92 Å². The van der Waals surface area contributed by atoms with E-state index in [1.165, 1.54) is 6.42 Å². The van der Waals surface area contributed by atoms with Crippen LogP contribution in [0.5, 0.6) is 11.5 Å². The molecule has 0 amide bonds. The first-order valence-electron chi connectivity index (χ1n) is 6.66. The summed E-state index contributed by atoms with van der Waals surface area (Å²) in [5.41, 5.74) is 1.99. The van der Waals surface area contributed by atoms with Gasteiger partial charge < -0.3 is 10.2 Å². The second-order valence-electron chi connectivity index (χ2n) is 4.52. The van der Waals surface area contributed by atoms with E-state index in [0.29, 0.717) is 11.5 Å². The molecule has 0 unspecified atom stereocenters. The number of rotatable bonds is 3. The topological polar surface area (TPSA) is 40.5 Å². The van der Waals surface area contributed by atoms with E-state index in [1.54, 1.807) is 12.1 Å². The lowest BCUT2D eigenvalue weighted by atomic mass is 10.1. The monoisotopic (exact) mass is 258 g/mol. The molecule has 0 aliphatic rings. The zero-order valence-corrected chi connectivity index (χ0v) is 11.6. The van der Waals surface area contributed by atoms with Gasteiger partial charge in [-0.3, -0.25) is 0 Å². The van der Waals surface area contributed by atoms with Gasteiger partial charge in [0.05, 0.1) is 0 Å². The number of phenols is 2. The minimum Gasteiger partial charge on any atom is -0.508 e. The largest absolute Gasteiger partial charge is 0.508 e. The summed E-state index contributed by atoms with van der Waals surface area (Å²) in [5, 5.41) is 18.3. The standard InChI is InChI=1S/C10H14O.C7H8O/c1-2-3-6-9-7-4-5-8-10(9)11;1-6-4-2-3-5-7(6)8/h4-5,7-8,11H,2-3,6H2,1H3;2-5,8H,1H3. The van der Waals surface area contributed by atoms with Gasteiger partial charge in [-0.05, 0) is 43.0 Å². The van der Waals surface area contributed by atoms with Crippen LogP contribution in [0.25, 0.3) is 0 Å². The molecule has 0 saturated heterocycles. The van der Waals surface area contributed by atoms with Crippen LogP contribution in [0.4, 0.5) is 0 Å². The smallest absolute Gasteiger partial charge is 0.118 e. The zero-order chi connectivity index (χ0) is 14.1. The molecule has 2 rings (SSSR count). The average molecular weight is 258 g/mol. The van der Waals surface area contributed by atoms with E-state index < -0.39 is 0 Å². The molecule has 0 saturated carbocycles. The van der Waals surface area contributed by atoms with Crippen LogP contribution in [-0.2, 0) is 6.42 Å². The van der Waals surface area contributed by atoms with E-state index >= 15 is 0 Å². The van der Waals surface area contributed by atoms with E-state index in [4.69, 9.17) is 5.11 Å². The minimum atomic E-state index is 0.368. The number of aryl methyl sites for hydroxylation is 2. The number of unbranched alkanes of at least 4 members (excludes halogenated alkanes) is 1. The molecule has 2 aromatic carbocycles. The summed E-state index contributed by atoms with van der Waals surface area (Å²) in [7, 11) is 0. The van der Waals surface area contributed by atoms with Crippen molar-refractivity contribution in [1.82, 2.24) is 0 Å². The van der Waals surface area contributed by atoms with Crippen molar-refractivity contribution in [3.63, 3.8) is 0 Å². The van der Waals surface area contributed by atoms with Crippen LogP contribution >= 0.6 is 0 Å². The highest BCUT2D eigenvalue weighted by Gasteiger charge is 1.96. The highest BCUT2D eigenvalue weighted by Crippen LogP contribution is 2.17. The Balaban J connectivity index is 0.000000200. The molecule has 102 valence electrons. The summed E-state index contributed by atoms with van der Waals surface area (Å²) in [4.78, 5) is 0. The molecule has 2 N–H and O–H groups in total. The minimum absolute atomic E-state index is 0.368. The molecule has 0 atom stereocenters. The highest BCUT2D eigenvalue weighted by molar-refractivity contribution is 5.31. The molecule has 0 bridgehead atoms. The van der Waals surface area contributed by atoms with Crippen LogP contribution in [0.3, 0.4) is 0 Å². The molecule has 0 radical (unpaired) electrons. The number of hydrogen-bond donors (Lipinski definition) is 2. The van der Waals surface area contributed by atoms with E-state index in [-0.39, 0.29) is 0 Å². The Hall–Kier alpha value is -1.96. The van der Waals surface area contributed by atoms with Gasteiger partial charge in [0, 0.05) is 0 Å². The molecule has 0 aliphatic carbocycles. The van der Waals surface area contributed by atoms with Crippen molar-refractivity contribution in [2.24, 2.45) is 0 Å². The third-order valence-electron chi connectivity index (χ3n) is 2.91. The maximum absolute atomic E-state index is 9.34. The normalized spacial score (nSPS) is 9.58. The molecule has 0 fully saturated rings. The first-order chi connectivity index (χ1) is 9.15. The van der Waals surface area contributed by atoms with Crippen LogP contribution in [0.1, 0.15) is 30.9 Å². The molecule has 19 heavy (non-hydrogen) atoms. The van der Waals surface area contributed by atoms with E-state index in [1.807, 2.05) is 43.3 Å². The lowest BCUT2D eigenvalue weighted by molar-refractivity contribution is 0.467. The van der Waals surface area contributed by atoms with Crippen LogP contribution < -0.4 is 0 Å². The molecule has 2 aromatic rings. The quantitative estimate of drug-likeness (QED) is 0.854. The van der Waals surface area contributed by atoms with Crippen molar-refractivity contribution in [3.8, 4) is 11.5 Å². The summed E-state index contributed by atoms with van der Waals surface area (Å²) in [6.45, 7) is 4.02. The van der Waals surface area contributed by atoms with Crippen molar-refractivity contribution in [1.29, 1.82) is 0 Å². The summed E-state index contributed by atoms with van der Waals surface area (Å²) in [6.07, 6.45) is 3.31. The second-order valence-corrected chi connectivity index (χ2v) is 4.52. The van der Waals surface area contributed by atoms with Crippen molar-refractivity contribution >= 4 is 0 Å². The fourth-order valence-corrected chi connectivity index (χ4v) is 1.65. The lowest BCUT2D eigenvalue weighted by Crippen LogP contribution is -1.83. The highest BCUT2D eigenvalue weighted by atomic mass is 16.3. The average Bonchev–Trinajstić information content (AvgIpc) is 2.42. The zero-order valence-electron chi connectivity index (χ0n) is 11.6. The maximum Gasteiger partial charge on any atom is 0.118 e. The van der Waals surface area contributed by atoms with Gasteiger partial charge in [-0.25, -0.2) is 0 Å². The number of aromatic hydroxyl groups is 2. The Morgan fingerprint density at radius 3 is 1.89 bits per heavy atom. The molecular formula is C17H22O2. The second kappa shape index (κ2) is 8.20. The van der Waals surface area contributed by atoms with Crippen LogP contribution in [0.15, 0.2) is 48.5 Å². The van der Waals surface area contributed by atoms with Crippen LogP contribution in [0.2, 0.25) is 0 Å². The first-order valence-corrected chi connectivity index (χ1v) is 6.66. The van der Waals surface area contributed by atoms with Gasteiger partial charge in [-0.1, -0.05) is 49.7 Å². The van der Waals surface area contributed by atoms with E-state index in [0.717, 1.165) is 24.0 Å². The summed E-state index contributed by atoms with van der Waals surface area (Å²) in [5.74, 6) is 0.799. The Bertz CT molecular complexity index is 471. The Morgan fingerprint density at radius 2 is 1.42 bits per heavy atom. The molecular weight excluding hydrogens is 236 g/mol. The van der Waals surface area contributed by atoms with Crippen molar-refractivity contribution in [2.45, 2.75) is 33.1 Å². The van der Waals surface area contributed by atoms with Crippen LogP contribution in [-0.4, -0.2) is 10.2 Å². The predicted octanol–water partition coefficient (Wildman–Crippen LogP) is 4.44. The van der Waals surface area contributed by atoms with Gasteiger partial charge >= 0.3 is 0 Å². The maximum atomic E-state index is 9.34. The molecule has 0 heterocycles. The molecule has 2 heteroatoms. The molecule has 0 aliphatic heterocycles. The van der Waals surface area contributed by atoms with Gasteiger partial charge in [0.15, 0.2) is 0 Å². The molecule has 0 aromatic heterocycles. The van der Waals surface area contributed by atoms with E-state index in [9.17, 15) is 5.11 Å². The first kappa shape index (κ1) is 15.1. The fraction of sp³-hybridized carbons (Fsp3) is 0.294. The molecule has 0 spiro atoms. The van der Waals surface area contributed by atoms with Gasteiger partial charge in [0.1, 0.15) is 11.5 Å². The number of benzene rings is 2. The van der Waals surface area contributed by atoms with Crippen molar-refractivity contribution in [3.05, 3.63) is 59.7 Å². The van der Waals surface area contributed by atoms with Gasteiger partial charge in [-0.2, -0.15) is 0 Å². The van der Waals surface area contributed by atoms with Crippen LogP contribution in [0, 0.1) is 6.92 Å². The Labute approximate surface area is 115 Å². The fourth-order valence-electron chi connectivity index (χ4n) is 1.65. The van der Waals surface area contributed by atoms with Gasteiger partial charge in [0.2, 0.25) is 0 Å². The summed E-state index contributed by atoms with van der Waals surface area (Å²) in [6, 6.07) is 14.8. The third-order valence-corrected chi connectivity index (χ3v) is 2.91. The van der Waals surface area contributed by atoms with Gasteiger partial charge in [-0.15, -0.1) is 0 Å². The predicted molar refractivity (Wildman–Crippen MR) is 79.6 cm³/mol.